The van der Waals surface area contributed by atoms with E-state index in [1.54, 1.807) is 24.3 Å². The van der Waals surface area contributed by atoms with Crippen molar-refractivity contribution in [1.29, 1.82) is 0 Å². The molecule has 0 aromatic heterocycles. The second kappa shape index (κ2) is 5.83. The van der Waals surface area contributed by atoms with Crippen LogP contribution in [0.5, 0.6) is 5.75 Å². The third-order valence-electron chi connectivity index (χ3n) is 2.44. The van der Waals surface area contributed by atoms with Gasteiger partial charge in [0.15, 0.2) is 0 Å². The van der Waals surface area contributed by atoms with Gasteiger partial charge in [-0.1, -0.05) is 39.1 Å². The van der Waals surface area contributed by atoms with Crippen LogP contribution < -0.4 is 5.32 Å². The fourth-order valence-corrected chi connectivity index (χ4v) is 2.21. The van der Waals surface area contributed by atoms with Gasteiger partial charge in [-0.25, -0.2) is 0 Å². The molecule has 2 aromatic carbocycles. The second-order valence-corrected chi connectivity index (χ2v) is 5.49. The van der Waals surface area contributed by atoms with Crippen LogP contribution in [0.15, 0.2) is 40.9 Å². The number of phenolic OH excluding ortho intramolecular Hbond substituents is 1. The number of anilines is 1. The van der Waals surface area contributed by atoms with Crippen molar-refractivity contribution in [3.8, 4) is 5.75 Å². The van der Waals surface area contributed by atoms with Gasteiger partial charge in [0.2, 0.25) is 0 Å². The molecule has 0 bridgehead atoms. The van der Waals surface area contributed by atoms with Crippen molar-refractivity contribution in [2.24, 2.45) is 0 Å². The summed E-state index contributed by atoms with van der Waals surface area (Å²) in [5, 5.41) is 13.9. The maximum absolute atomic E-state index is 9.70. The first-order valence-corrected chi connectivity index (χ1v) is 6.77. The van der Waals surface area contributed by atoms with E-state index < -0.39 is 0 Å². The molecule has 0 aliphatic rings. The third kappa shape index (κ3) is 3.31. The Labute approximate surface area is 124 Å². The maximum Gasteiger partial charge on any atom is 0.120 e. The van der Waals surface area contributed by atoms with E-state index in [0.29, 0.717) is 16.6 Å². The molecule has 0 heterocycles. The Morgan fingerprint density at radius 1 is 1.06 bits per heavy atom. The summed E-state index contributed by atoms with van der Waals surface area (Å²) in [7, 11) is 0. The predicted octanol–water partition coefficient (Wildman–Crippen LogP) is 5.07. The van der Waals surface area contributed by atoms with E-state index in [9.17, 15) is 5.11 Å². The van der Waals surface area contributed by atoms with Gasteiger partial charge in [0, 0.05) is 22.3 Å². The zero-order valence-corrected chi connectivity index (χ0v) is 12.4. The average molecular weight is 347 g/mol. The van der Waals surface area contributed by atoms with Crippen molar-refractivity contribution >= 4 is 44.8 Å². The Hall–Kier alpha value is -0.900. The Bertz CT molecular complexity index is 575. The van der Waals surface area contributed by atoms with Crippen molar-refractivity contribution in [1.82, 2.24) is 0 Å². The number of rotatable bonds is 3. The van der Waals surface area contributed by atoms with Crippen LogP contribution in [0.1, 0.15) is 5.56 Å². The molecular formula is C13H10BrCl2NO. The van der Waals surface area contributed by atoms with Crippen LogP contribution in [0.2, 0.25) is 10.0 Å². The Morgan fingerprint density at radius 2 is 1.83 bits per heavy atom. The number of nitrogens with one attached hydrogen (secondary N) is 1. The number of benzene rings is 2. The van der Waals surface area contributed by atoms with Crippen molar-refractivity contribution < 1.29 is 5.11 Å². The van der Waals surface area contributed by atoms with Gasteiger partial charge in [0.1, 0.15) is 5.75 Å². The fourth-order valence-electron chi connectivity index (χ4n) is 1.50. The largest absolute Gasteiger partial charge is 0.508 e. The van der Waals surface area contributed by atoms with Crippen LogP contribution in [0.3, 0.4) is 0 Å². The quantitative estimate of drug-likeness (QED) is 0.812. The molecule has 0 fully saturated rings. The van der Waals surface area contributed by atoms with Gasteiger partial charge in [0.05, 0.1) is 10.0 Å². The van der Waals surface area contributed by atoms with E-state index in [1.807, 2.05) is 12.1 Å². The molecule has 18 heavy (non-hydrogen) atoms. The highest BCUT2D eigenvalue weighted by atomic mass is 79.9. The lowest BCUT2D eigenvalue weighted by Crippen LogP contribution is -1.99. The summed E-state index contributed by atoms with van der Waals surface area (Å²) >= 11 is 15.1. The summed E-state index contributed by atoms with van der Waals surface area (Å²) in [5.41, 5.74) is 1.65. The summed E-state index contributed by atoms with van der Waals surface area (Å²) in [6.45, 7) is 0.503. The van der Waals surface area contributed by atoms with Gasteiger partial charge in [-0.3, -0.25) is 0 Å². The second-order valence-electron chi connectivity index (χ2n) is 3.76. The first kappa shape index (κ1) is 13.5. The Morgan fingerprint density at radius 3 is 2.56 bits per heavy atom. The molecule has 2 rings (SSSR count). The number of hydrogen-bond acceptors (Lipinski definition) is 2. The van der Waals surface area contributed by atoms with Crippen LogP contribution in [-0.2, 0) is 6.54 Å². The predicted molar refractivity (Wildman–Crippen MR) is 79.6 cm³/mol. The molecule has 0 radical (unpaired) electrons. The zero-order chi connectivity index (χ0) is 13.1. The summed E-state index contributed by atoms with van der Waals surface area (Å²) < 4.78 is 0.922. The molecule has 0 saturated heterocycles. The molecular weight excluding hydrogens is 337 g/mol. The SMILES string of the molecule is Oc1ccc(Br)cc1CNc1ccc(Cl)c(Cl)c1. The van der Waals surface area contributed by atoms with Gasteiger partial charge >= 0.3 is 0 Å². The summed E-state index contributed by atoms with van der Waals surface area (Å²) in [6, 6.07) is 10.6. The number of aromatic hydroxyl groups is 1. The van der Waals surface area contributed by atoms with E-state index in [4.69, 9.17) is 23.2 Å². The zero-order valence-electron chi connectivity index (χ0n) is 9.25. The molecule has 2 nitrogen and oxygen atoms in total. The molecule has 2 aromatic rings. The molecule has 0 spiro atoms. The van der Waals surface area contributed by atoms with Gasteiger partial charge in [-0.15, -0.1) is 0 Å². The molecule has 0 atom stereocenters. The molecule has 0 saturated carbocycles. The summed E-state index contributed by atoms with van der Waals surface area (Å²) in [6.07, 6.45) is 0. The molecule has 94 valence electrons. The first-order valence-electron chi connectivity index (χ1n) is 5.22. The summed E-state index contributed by atoms with van der Waals surface area (Å²) in [4.78, 5) is 0. The van der Waals surface area contributed by atoms with Crippen LogP contribution >= 0.6 is 39.1 Å². The Kier molecular flexibility index (Phi) is 4.38. The van der Waals surface area contributed by atoms with Gasteiger partial charge < -0.3 is 10.4 Å². The summed E-state index contributed by atoms with van der Waals surface area (Å²) in [5.74, 6) is 0.255. The van der Waals surface area contributed by atoms with E-state index in [-0.39, 0.29) is 5.75 Å². The lowest BCUT2D eigenvalue weighted by atomic mass is 10.2. The van der Waals surface area contributed by atoms with Crippen molar-refractivity contribution in [3.63, 3.8) is 0 Å². The molecule has 0 amide bonds. The van der Waals surface area contributed by atoms with Crippen molar-refractivity contribution in [3.05, 3.63) is 56.5 Å². The normalized spacial score (nSPS) is 10.4. The first-order chi connectivity index (χ1) is 8.56. The average Bonchev–Trinajstić information content (AvgIpc) is 2.34. The van der Waals surface area contributed by atoms with Gasteiger partial charge in [-0.2, -0.15) is 0 Å². The monoisotopic (exact) mass is 345 g/mol. The van der Waals surface area contributed by atoms with Crippen LogP contribution in [0.25, 0.3) is 0 Å². The Balaban J connectivity index is 2.11. The van der Waals surface area contributed by atoms with Crippen molar-refractivity contribution in [2.45, 2.75) is 6.54 Å². The molecule has 0 unspecified atom stereocenters. The van der Waals surface area contributed by atoms with Crippen molar-refractivity contribution in [2.75, 3.05) is 5.32 Å². The lowest BCUT2D eigenvalue weighted by Gasteiger charge is -2.09. The standard InChI is InChI=1S/C13H10BrCl2NO/c14-9-1-4-13(18)8(5-9)7-17-10-2-3-11(15)12(16)6-10/h1-6,17-18H,7H2. The van der Waals surface area contributed by atoms with E-state index in [1.165, 1.54) is 0 Å². The van der Waals surface area contributed by atoms with Crippen LogP contribution in [-0.4, -0.2) is 5.11 Å². The lowest BCUT2D eigenvalue weighted by molar-refractivity contribution is 0.469. The minimum absolute atomic E-state index is 0.255. The highest BCUT2D eigenvalue weighted by molar-refractivity contribution is 9.10. The topological polar surface area (TPSA) is 32.3 Å². The van der Waals surface area contributed by atoms with Gasteiger partial charge in [-0.05, 0) is 36.4 Å². The number of phenols is 1. The molecule has 0 aliphatic carbocycles. The molecule has 2 N–H and O–H groups in total. The highest BCUT2D eigenvalue weighted by Gasteiger charge is 2.03. The van der Waals surface area contributed by atoms with Crippen LogP contribution in [0, 0.1) is 0 Å². The third-order valence-corrected chi connectivity index (χ3v) is 3.68. The maximum atomic E-state index is 9.70. The van der Waals surface area contributed by atoms with E-state index >= 15 is 0 Å². The van der Waals surface area contributed by atoms with E-state index in [0.717, 1.165) is 15.7 Å². The number of halogens is 3. The number of hydrogen-bond donors (Lipinski definition) is 2. The smallest absolute Gasteiger partial charge is 0.120 e. The van der Waals surface area contributed by atoms with Gasteiger partial charge in [0.25, 0.3) is 0 Å². The fraction of sp³-hybridized carbons (Fsp3) is 0.0769. The highest BCUT2D eigenvalue weighted by Crippen LogP contribution is 2.26. The molecule has 5 heteroatoms. The minimum Gasteiger partial charge on any atom is -0.508 e. The van der Waals surface area contributed by atoms with Crippen LogP contribution in [0.4, 0.5) is 5.69 Å². The molecule has 0 aliphatic heterocycles. The minimum atomic E-state index is 0.255. The van der Waals surface area contributed by atoms with E-state index in [2.05, 4.69) is 21.2 Å².